The van der Waals surface area contributed by atoms with E-state index in [1.165, 1.54) is 4.90 Å². The number of oxime groups is 1. The lowest BCUT2D eigenvalue weighted by Gasteiger charge is -2.19. The van der Waals surface area contributed by atoms with E-state index in [9.17, 15) is 4.79 Å². The molecular formula is C10H17N5O2S. The van der Waals surface area contributed by atoms with Crippen molar-refractivity contribution in [2.75, 3.05) is 13.1 Å². The van der Waals surface area contributed by atoms with Crippen LogP contribution in [0.2, 0.25) is 0 Å². The molecule has 1 heterocycles. The molecule has 1 aromatic rings. The summed E-state index contributed by atoms with van der Waals surface area (Å²) < 4.78 is 3.81. The predicted octanol–water partition coefficient (Wildman–Crippen LogP) is 0.870. The first-order chi connectivity index (χ1) is 8.51. The van der Waals surface area contributed by atoms with Gasteiger partial charge in [-0.25, -0.2) is 0 Å². The fourth-order valence-electron chi connectivity index (χ4n) is 1.42. The minimum absolute atomic E-state index is 0.00577. The minimum Gasteiger partial charge on any atom is -0.409 e. The van der Waals surface area contributed by atoms with Gasteiger partial charge in [0.25, 0.3) is 5.91 Å². The monoisotopic (exact) mass is 271 g/mol. The Morgan fingerprint density at radius 1 is 1.61 bits per heavy atom. The summed E-state index contributed by atoms with van der Waals surface area (Å²) >= 11 is 1.07. The van der Waals surface area contributed by atoms with Crippen molar-refractivity contribution < 1.29 is 10.0 Å². The van der Waals surface area contributed by atoms with E-state index in [0.29, 0.717) is 17.1 Å². The van der Waals surface area contributed by atoms with Crippen LogP contribution in [0.5, 0.6) is 0 Å². The van der Waals surface area contributed by atoms with Gasteiger partial charge in [0.1, 0.15) is 4.88 Å². The van der Waals surface area contributed by atoms with E-state index in [0.717, 1.165) is 11.5 Å². The molecular weight excluding hydrogens is 254 g/mol. The lowest BCUT2D eigenvalue weighted by atomic mass is 10.1. The van der Waals surface area contributed by atoms with E-state index >= 15 is 0 Å². The summed E-state index contributed by atoms with van der Waals surface area (Å²) in [5.74, 6) is -0.0677. The molecule has 1 rings (SSSR count). The second-order valence-electron chi connectivity index (χ2n) is 4.05. The number of carbonyl (C=O) groups excluding carboxylic acids is 1. The number of rotatable bonds is 5. The Bertz CT molecular complexity index is 443. The van der Waals surface area contributed by atoms with Crippen molar-refractivity contribution in [1.29, 1.82) is 0 Å². The molecule has 0 saturated heterocycles. The maximum atomic E-state index is 12.3. The second kappa shape index (κ2) is 6.29. The Morgan fingerprint density at radius 3 is 2.78 bits per heavy atom. The summed E-state index contributed by atoms with van der Waals surface area (Å²) in [7, 11) is 0. The molecule has 1 amide bonds. The molecule has 0 saturated carbocycles. The zero-order chi connectivity index (χ0) is 13.7. The van der Waals surface area contributed by atoms with Crippen LogP contribution in [0.4, 0.5) is 0 Å². The molecule has 100 valence electrons. The predicted molar refractivity (Wildman–Crippen MR) is 69.0 cm³/mol. The molecule has 0 atom stereocenters. The van der Waals surface area contributed by atoms with Gasteiger partial charge >= 0.3 is 0 Å². The SMILES string of the molecule is CCN(CC(N)=NO)C(=O)c1snnc1C(C)C. The Labute approximate surface area is 109 Å². The topological polar surface area (TPSA) is 105 Å². The molecule has 0 aromatic carbocycles. The van der Waals surface area contributed by atoms with Gasteiger partial charge in [-0.05, 0) is 24.4 Å². The summed E-state index contributed by atoms with van der Waals surface area (Å²) in [6.07, 6.45) is 0. The van der Waals surface area contributed by atoms with Crippen LogP contribution < -0.4 is 5.73 Å². The summed E-state index contributed by atoms with van der Waals surface area (Å²) in [4.78, 5) is 14.3. The molecule has 0 spiro atoms. The number of carbonyl (C=O) groups is 1. The number of amidine groups is 1. The fraction of sp³-hybridized carbons (Fsp3) is 0.600. The van der Waals surface area contributed by atoms with Crippen molar-refractivity contribution in [3.8, 4) is 0 Å². The zero-order valence-electron chi connectivity index (χ0n) is 10.6. The first-order valence-electron chi connectivity index (χ1n) is 5.59. The average Bonchev–Trinajstić information content (AvgIpc) is 2.83. The third kappa shape index (κ3) is 3.16. The maximum Gasteiger partial charge on any atom is 0.267 e. The van der Waals surface area contributed by atoms with Crippen LogP contribution in [0.25, 0.3) is 0 Å². The van der Waals surface area contributed by atoms with Crippen LogP contribution in [0.15, 0.2) is 5.16 Å². The van der Waals surface area contributed by atoms with Crippen molar-refractivity contribution in [1.82, 2.24) is 14.5 Å². The molecule has 0 aliphatic carbocycles. The number of hydrogen-bond acceptors (Lipinski definition) is 6. The molecule has 8 heteroatoms. The van der Waals surface area contributed by atoms with Crippen LogP contribution in [-0.2, 0) is 0 Å². The van der Waals surface area contributed by atoms with Gasteiger partial charge in [-0.3, -0.25) is 4.79 Å². The summed E-state index contributed by atoms with van der Waals surface area (Å²) in [5.41, 5.74) is 6.10. The molecule has 0 aliphatic rings. The van der Waals surface area contributed by atoms with Gasteiger partial charge in [0.15, 0.2) is 5.84 Å². The van der Waals surface area contributed by atoms with Gasteiger partial charge in [0, 0.05) is 6.54 Å². The van der Waals surface area contributed by atoms with Crippen molar-refractivity contribution >= 4 is 23.3 Å². The Balaban J connectivity index is 2.93. The highest BCUT2D eigenvalue weighted by molar-refractivity contribution is 7.08. The number of amides is 1. The van der Waals surface area contributed by atoms with Gasteiger partial charge < -0.3 is 15.8 Å². The first kappa shape index (κ1) is 14.4. The van der Waals surface area contributed by atoms with Crippen molar-refractivity contribution in [2.24, 2.45) is 10.9 Å². The minimum atomic E-state index is -0.192. The summed E-state index contributed by atoms with van der Waals surface area (Å²) in [6.45, 7) is 6.28. The van der Waals surface area contributed by atoms with E-state index in [1.54, 1.807) is 0 Å². The smallest absolute Gasteiger partial charge is 0.267 e. The number of hydrogen-bond donors (Lipinski definition) is 2. The number of likely N-dealkylation sites (N-methyl/N-ethyl adjacent to an activating group) is 1. The molecule has 0 bridgehead atoms. The Hall–Kier alpha value is -1.70. The van der Waals surface area contributed by atoms with Crippen LogP contribution >= 0.6 is 11.5 Å². The van der Waals surface area contributed by atoms with E-state index in [4.69, 9.17) is 10.9 Å². The second-order valence-corrected chi connectivity index (χ2v) is 4.81. The molecule has 18 heavy (non-hydrogen) atoms. The Morgan fingerprint density at radius 2 is 2.28 bits per heavy atom. The third-order valence-electron chi connectivity index (χ3n) is 2.40. The zero-order valence-corrected chi connectivity index (χ0v) is 11.4. The number of nitrogens with zero attached hydrogens (tertiary/aromatic N) is 4. The third-order valence-corrected chi connectivity index (χ3v) is 3.13. The van der Waals surface area contributed by atoms with E-state index in [1.807, 2.05) is 20.8 Å². The van der Waals surface area contributed by atoms with Gasteiger partial charge in [-0.15, -0.1) is 5.10 Å². The van der Waals surface area contributed by atoms with Gasteiger partial charge in [-0.1, -0.05) is 23.5 Å². The first-order valence-corrected chi connectivity index (χ1v) is 6.36. The van der Waals surface area contributed by atoms with E-state index < -0.39 is 0 Å². The van der Waals surface area contributed by atoms with Crippen molar-refractivity contribution in [2.45, 2.75) is 26.7 Å². The maximum absolute atomic E-state index is 12.3. The van der Waals surface area contributed by atoms with E-state index in [2.05, 4.69) is 14.7 Å². The normalized spacial score (nSPS) is 11.9. The quantitative estimate of drug-likeness (QED) is 0.358. The standard InChI is InChI=1S/C10H17N5O2S/c1-4-15(5-7(11)13-17)10(16)9-8(6(2)3)12-14-18-9/h6,17H,4-5H2,1-3H3,(H2,11,13). The van der Waals surface area contributed by atoms with Crippen LogP contribution in [-0.4, -0.2) is 44.5 Å². The van der Waals surface area contributed by atoms with Crippen molar-refractivity contribution in [3.63, 3.8) is 0 Å². The molecule has 0 radical (unpaired) electrons. The highest BCUT2D eigenvalue weighted by atomic mass is 32.1. The van der Waals surface area contributed by atoms with Crippen molar-refractivity contribution in [3.05, 3.63) is 10.6 Å². The molecule has 0 aliphatic heterocycles. The highest BCUT2D eigenvalue weighted by Gasteiger charge is 2.23. The van der Waals surface area contributed by atoms with Crippen LogP contribution in [0.3, 0.4) is 0 Å². The summed E-state index contributed by atoms with van der Waals surface area (Å²) in [5, 5.41) is 15.4. The lowest BCUT2D eigenvalue weighted by molar-refractivity contribution is 0.0789. The summed E-state index contributed by atoms with van der Waals surface area (Å²) in [6, 6.07) is 0. The highest BCUT2D eigenvalue weighted by Crippen LogP contribution is 2.21. The fourth-order valence-corrected chi connectivity index (χ4v) is 2.21. The largest absolute Gasteiger partial charge is 0.409 e. The molecule has 1 aromatic heterocycles. The van der Waals surface area contributed by atoms with Gasteiger partial charge in [0.05, 0.1) is 12.2 Å². The van der Waals surface area contributed by atoms with Crippen LogP contribution in [0.1, 0.15) is 42.1 Å². The number of aromatic nitrogens is 2. The molecule has 0 unspecified atom stereocenters. The average molecular weight is 271 g/mol. The molecule has 7 nitrogen and oxygen atoms in total. The molecule has 3 N–H and O–H groups in total. The van der Waals surface area contributed by atoms with Crippen LogP contribution in [0, 0.1) is 0 Å². The van der Waals surface area contributed by atoms with Gasteiger partial charge in [-0.2, -0.15) is 0 Å². The molecule has 0 fully saturated rings. The Kier molecular flexibility index (Phi) is 5.02. The number of nitrogens with two attached hydrogens (primary N) is 1. The van der Waals surface area contributed by atoms with E-state index in [-0.39, 0.29) is 24.2 Å². The lowest BCUT2D eigenvalue weighted by Crippen LogP contribution is -2.38. The van der Waals surface area contributed by atoms with Gasteiger partial charge in [0.2, 0.25) is 0 Å².